The van der Waals surface area contributed by atoms with E-state index in [0.29, 0.717) is 11.4 Å². The number of sulfone groups is 1. The van der Waals surface area contributed by atoms with Crippen molar-refractivity contribution in [1.29, 1.82) is 0 Å². The molecule has 0 radical (unpaired) electrons. The molecule has 1 aromatic carbocycles. The summed E-state index contributed by atoms with van der Waals surface area (Å²) < 4.78 is 23.5. The molecule has 0 aromatic heterocycles. The maximum atomic E-state index is 11.8. The Balaban J connectivity index is 2.74. The Morgan fingerprint density at radius 1 is 1.44 bits per heavy atom. The fourth-order valence-electron chi connectivity index (χ4n) is 1.15. The van der Waals surface area contributed by atoms with Crippen LogP contribution in [0.5, 0.6) is 0 Å². The Morgan fingerprint density at radius 3 is 2.81 bits per heavy atom. The Morgan fingerprint density at radius 2 is 2.19 bits per heavy atom. The zero-order valence-electron chi connectivity index (χ0n) is 8.38. The molecule has 0 N–H and O–H groups in total. The maximum absolute atomic E-state index is 11.8. The van der Waals surface area contributed by atoms with Gasteiger partial charge in [0, 0.05) is 16.5 Å². The SMILES string of the molecule is [N-]=[N+]=NCCCS(=O)(=O)c1cccc(Cl)c1. The second-order valence-electron chi connectivity index (χ2n) is 3.08. The second-order valence-corrected chi connectivity index (χ2v) is 5.63. The van der Waals surface area contributed by atoms with Gasteiger partial charge < -0.3 is 0 Å². The minimum absolute atomic E-state index is 0.0492. The molecular weight excluding hydrogens is 250 g/mol. The highest BCUT2D eigenvalue weighted by Gasteiger charge is 2.13. The molecule has 0 atom stereocenters. The zero-order chi connectivity index (χ0) is 12.0. The lowest BCUT2D eigenvalue weighted by atomic mass is 10.4. The van der Waals surface area contributed by atoms with E-state index in [4.69, 9.17) is 17.1 Å². The smallest absolute Gasteiger partial charge is 0.178 e. The highest BCUT2D eigenvalue weighted by atomic mass is 35.5. The van der Waals surface area contributed by atoms with Gasteiger partial charge in [-0.25, -0.2) is 8.42 Å². The van der Waals surface area contributed by atoms with Crippen molar-refractivity contribution in [3.8, 4) is 0 Å². The lowest BCUT2D eigenvalue weighted by Gasteiger charge is -2.03. The van der Waals surface area contributed by atoms with Crippen LogP contribution in [0, 0.1) is 0 Å². The zero-order valence-corrected chi connectivity index (χ0v) is 9.95. The van der Waals surface area contributed by atoms with Gasteiger partial charge in [0.2, 0.25) is 0 Å². The van der Waals surface area contributed by atoms with E-state index in [1.54, 1.807) is 12.1 Å². The molecule has 0 heterocycles. The van der Waals surface area contributed by atoms with E-state index in [1.165, 1.54) is 12.1 Å². The largest absolute Gasteiger partial charge is 0.224 e. The topological polar surface area (TPSA) is 82.9 Å². The van der Waals surface area contributed by atoms with Gasteiger partial charge in [-0.2, -0.15) is 0 Å². The van der Waals surface area contributed by atoms with Gasteiger partial charge in [-0.1, -0.05) is 22.8 Å². The summed E-state index contributed by atoms with van der Waals surface area (Å²) in [6.07, 6.45) is 0.304. The molecule has 0 spiro atoms. The fraction of sp³-hybridized carbons (Fsp3) is 0.333. The second kappa shape index (κ2) is 5.75. The fourth-order valence-corrected chi connectivity index (χ4v) is 2.74. The molecule has 0 bridgehead atoms. The predicted octanol–water partition coefficient (Wildman–Crippen LogP) is 2.81. The van der Waals surface area contributed by atoms with Crippen molar-refractivity contribution in [2.45, 2.75) is 11.3 Å². The van der Waals surface area contributed by atoms with Crippen molar-refractivity contribution in [3.05, 3.63) is 39.7 Å². The van der Waals surface area contributed by atoms with Gasteiger partial charge in [-0.05, 0) is 30.2 Å². The molecule has 7 heteroatoms. The number of hydrogen-bond donors (Lipinski definition) is 0. The summed E-state index contributed by atoms with van der Waals surface area (Å²) in [5.74, 6) is -0.0492. The molecule has 0 unspecified atom stereocenters. The summed E-state index contributed by atoms with van der Waals surface area (Å²) >= 11 is 5.70. The van der Waals surface area contributed by atoms with Crippen LogP contribution in [0.25, 0.3) is 10.4 Å². The third-order valence-electron chi connectivity index (χ3n) is 1.89. The Bertz CT molecular complexity index is 509. The summed E-state index contributed by atoms with van der Waals surface area (Å²) in [5, 5.41) is 3.66. The van der Waals surface area contributed by atoms with Crippen molar-refractivity contribution in [2.75, 3.05) is 12.3 Å². The Hall–Kier alpha value is -1.23. The molecule has 0 aliphatic rings. The van der Waals surface area contributed by atoms with Gasteiger partial charge in [0.05, 0.1) is 10.6 Å². The molecule has 5 nitrogen and oxygen atoms in total. The van der Waals surface area contributed by atoms with E-state index in [-0.39, 0.29) is 17.2 Å². The monoisotopic (exact) mass is 259 g/mol. The van der Waals surface area contributed by atoms with Crippen molar-refractivity contribution in [2.24, 2.45) is 5.11 Å². The molecule has 0 aliphatic heterocycles. The van der Waals surface area contributed by atoms with Gasteiger partial charge >= 0.3 is 0 Å². The van der Waals surface area contributed by atoms with Crippen LogP contribution in [0.3, 0.4) is 0 Å². The first-order valence-electron chi connectivity index (χ1n) is 4.55. The quantitative estimate of drug-likeness (QED) is 0.352. The van der Waals surface area contributed by atoms with Crippen LogP contribution in [0.1, 0.15) is 6.42 Å². The van der Waals surface area contributed by atoms with E-state index in [0.717, 1.165) is 0 Å². The van der Waals surface area contributed by atoms with Crippen molar-refractivity contribution >= 4 is 21.4 Å². The van der Waals surface area contributed by atoms with E-state index in [1.807, 2.05) is 0 Å². The molecule has 86 valence electrons. The number of rotatable bonds is 5. The molecule has 0 fully saturated rings. The molecule has 0 saturated carbocycles. The van der Waals surface area contributed by atoms with Crippen LogP contribution in [0.4, 0.5) is 0 Å². The van der Waals surface area contributed by atoms with Crippen LogP contribution in [0.15, 0.2) is 34.3 Å². The van der Waals surface area contributed by atoms with Gasteiger partial charge in [-0.15, -0.1) is 0 Å². The highest BCUT2D eigenvalue weighted by molar-refractivity contribution is 7.91. The first-order valence-corrected chi connectivity index (χ1v) is 6.58. The average molecular weight is 260 g/mol. The van der Waals surface area contributed by atoms with Crippen LogP contribution in [-0.2, 0) is 9.84 Å². The Kier molecular flexibility index (Phi) is 4.61. The molecule has 0 aliphatic carbocycles. The number of azide groups is 1. The van der Waals surface area contributed by atoms with Crippen molar-refractivity contribution in [1.82, 2.24) is 0 Å². The van der Waals surface area contributed by atoms with Crippen molar-refractivity contribution < 1.29 is 8.42 Å². The molecule has 1 aromatic rings. The average Bonchev–Trinajstić information content (AvgIpc) is 2.24. The highest BCUT2D eigenvalue weighted by Crippen LogP contribution is 2.17. The predicted molar refractivity (Wildman–Crippen MR) is 62.1 cm³/mol. The summed E-state index contributed by atoms with van der Waals surface area (Å²) in [6.45, 7) is 0.177. The Labute approximate surface area is 98.6 Å². The van der Waals surface area contributed by atoms with Crippen LogP contribution < -0.4 is 0 Å². The lowest BCUT2D eigenvalue weighted by molar-refractivity contribution is 0.593. The lowest BCUT2D eigenvalue weighted by Crippen LogP contribution is -2.07. The normalized spacial score (nSPS) is 10.8. The summed E-state index contributed by atoms with van der Waals surface area (Å²) in [7, 11) is -3.33. The number of benzene rings is 1. The third kappa shape index (κ3) is 3.73. The summed E-state index contributed by atoms with van der Waals surface area (Å²) in [5.41, 5.74) is 8.04. The van der Waals surface area contributed by atoms with Gasteiger partial charge in [-0.3, -0.25) is 0 Å². The van der Waals surface area contributed by atoms with E-state index >= 15 is 0 Å². The third-order valence-corrected chi connectivity index (χ3v) is 3.92. The van der Waals surface area contributed by atoms with E-state index in [9.17, 15) is 8.42 Å². The summed E-state index contributed by atoms with van der Waals surface area (Å²) in [4.78, 5) is 2.75. The molecule has 1 rings (SSSR count). The van der Waals surface area contributed by atoms with Crippen LogP contribution in [0.2, 0.25) is 5.02 Å². The first kappa shape index (κ1) is 12.8. The molecule has 0 amide bonds. The van der Waals surface area contributed by atoms with E-state index < -0.39 is 9.84 Å². The molecule has 0 saturated heterocycles. The maximum Gasteiger partial charge on any atom is 0.178 e. The number of hydrogen-bond acceptors (Lipinski definition) is 3. The van der Waals surface area contributed by atoms with E-state index in [2.05, 4.69) is 10.0 Å². The van der Waals surface area contributed by atoms with Gasteiger partial charge in [0.1, 0.15) is 0 Å². The van der Waals surface area contributed by atoms with Crippen molar-refractivity contribution in [3.63, 3.8) is 0 Å². The minimum atomic E-state index is -3.33. The molecular formula is C9H10ClN3O2S. The summed E-state index contributed by atoms with van der Waals surface area (Å²) in [6, 6.07) is 6.10. The van der Waals surface area contributed by atoms with Crippen LogP contribution >= 0.6 is 11.6 Å². The van der Waals surface area contributed by atoms with Gasteiger partial charge in [0.15, 0.2) is 9.84 Å². The van der Waals surface area contributed by atoms with Gasteiger partial charge in [0.25, 0.3) is 0 Å². The first-order chi connectivity index (χ1) is 7.56. The number of halogens is 1. The molecule has 16 heavy (non-hydrogen) atoms. The standard InChI is InChI=1S/C9H10ClN3O2S/c10-8-3-1-4-9(7-8)16(14,15)6-2-5-12-13-11/h1,3-4,7H,2,5-6H2. The van der Waals surface area contributed by atoms with Crippen LogP contribution in [-0.4, -0.2) is 20.7 Å². The minimum Gasteiger partial charge on any atom is -0.224 e. The number of nitrogens with zero attached hydrogens (tertiary/aromatic N) is 3.